The molecule has 6 heteroatoms. The first kappa shape index (κ1) is 19.5. The molecule has 5 nitrogen and oxygen atoms in total. The molecule has 0 radical (unpaired) electrons. The van der Waals surface area contributed by atoms with Gasteiger partial charge in [-0.3, -0.25) is 4.52 Å². The molecule has 2 aliphatic rings. The average Bonchev–Trinajstić information content (AvgIpc) is 3.52. The van der Waals surface area contributed by atoms with Crippen LogP contribution in [0.5, 0.6) is 11.5 Å². The van der Waals surface area contributed by atoms with E-state index >= 15 is 0 Å². The van der Waals surface area contributed by atoms with E-state index in [-0.39, 0.29) is 13.4 Å². The number of rotatable bonds is 7. The fourth-order valence-corrected chi connectivity index (χ4v) is 4.70. The Hall–Kier alpha value is -1.81. The molecule has 0 N–H and O–H groups in total. The van der Waals surface area contributed by atoms with Crippen molar-refractivity contribution < 1.29 is 22.9 Å². The number of phosphoric ester groups is 1. The zero-order valence-electron chi connectivity index (χ0n) is 16.6. The molecule has 150 valence electrons. The highest BCUT2D eigenvalue weighted by molar-refractivity contribution is 7.49. The van der Waals surface area contributed by atoms with Gasteiger partial charge in [0.15, 0.2) is 0 Å². The van der Waals surface area contributed by atoms with Gasteiger partial charge in [0, 0.05) is 5.56 Å². The monoisotopic (exact) mass is 402 g/mol. The van der Waals surface area contributed by atoms with Crippen molar-refractivity contribution in [1.82, 2.24) is 0 Å². The van der Waals surface area contributed by atoms with Crippen LogP contribution >= 0.6 is 7.82 Å². The zero-order valence-corrected chi connectivity index (χ0v) is 17.5. The van der Waals surface area contributed by atoms with Crippen molar-refractivity contribution in [2.75, 3.05) is 6.79 Å². The second-order valence-corrected chi connectivity index (χ2v) is 9.45. The lowest BCUT2D eigenvalue weighted by molar-refractivity contribution is 0.0599. The van der Waals surface area contributed by atoms with Crippen molar-refractivity contribution in [2.45, 2.75) is 52.1 Å². The smallest absolute Gasteiger partial charge is 0.466 e. The highest BCUT2D eigenvalue weighted by Gasteiger charge is 2.35. The lowest BCUT2D eigenvalue weighted by Crippen LogP contribution is -2.13. The van der Waals surface area contributed by atoms with Gasteiger partial charge in [0.1, 0.15) is 11.5 Å². The first-order valence-corrected chi connectivity index (χ1v) is 11.3. The lowest BCUT2D eigenvalue weighted by Gasteiger charge is -2.25. The van der Waals surface area contributed by atoms with Crippen molar-refractivity contribution in [2.24, 2.45) is 5.92 Å². The zero-order chi connectivity index (χ0) is 19.7. The van der Waals surface area contributed by atoms with Gasteiger partial charge in [-0.2, -0.15) is 0 Å². The number of phosphoric acid groups is 1. The van der Waals surface area contributed by atoms with E-state index in [2.05, 4.69) is 39.0 Å². The van der Waals surface area contributed by atoms with Gasteiger partial charge in [-0.15, -0.1) is 0 Å². The van der Waals surface area contributed by atoms with E-state index in [0.717, 1.165) is 16.9 Å². The molecule has 0 bridgehead atoms. The fourth-order valence-electron chi connectivity index (χ4n) is 3.62. The van der Waals surface area contributed by atoms with Gasteiger partial charge in [0.2, 0.25) is 6.79 Å². The van der Waals surface area contributed by atoms with Crippen LogP contribution in [0.4, 0.5) is 0 Å². The standard InChI is InChI=1S/C22H27O5P/c1-15(2)19-8-6-9-20(16(3)17-11-12-17)22(19)24-14-26-28(23)25-13-18-7-4-5-10-21(18)27-28/h4-10,15-17H,11-14H2,1-3H3/t16-,28?/m1/s1. The van der Waals surface area contributed by atoms with Crippen LogP contribution in [0, 0.1) is 5.92 Å². The Morgan fingerprint density at radius 2 is 1.82 bits per heavy atom. The molecule has 0 spiro atoms. The van der Waals surface area contributed by atoms with Crippen molar-refractivity contribution >= 4 is 7.82 Å². The van der Waals surface area contributed by atoms with Crippen molar-refractivity contribution in [1.29, 1.82) is 0 Å². The Morgan fingerprint density at radius 3 is 2.57 bits per heavy atom. The number of hydrogen-bond acceptors (Lipinski definition) is 5. The predicted octanol–water partition coefficient (Wildman–Crippen LogP) is 6.39. The lowest BCUT2D eigenvalue weighted by atomic mass is 9.90. The van der Waals surface area contributed by atoms with Crippen LogP contribution in [-0.2, 0) is 20.2 Å². The maximum Gasteiger partial charge on any atom is 0.533 e. The summed E-state index contributed by atoms with van der Waals surface area (Å²) in [6.45, 7) is 6.53. The minimum atomic E-state index is -3.69. The Morgan fingerprint density at radius 1 is 1.07 bits per heavy atom. The Labute approximate surface area is 166 Å². The third-order valence-electron chi connectivity index (χ3n) is 5.49. The molecule has 28 heavy (non-hydrogen) atoms. The molecule has 0 saturated heterocycles. The van der Waals surface area contributed by atoms with Gasteiger partial charge in [0.25, 0.3) is 0 Å². The maximum atomic E-state index is 12.8. The van der Waals surface area contributed by atoms with Crippen molar-refractivity contribution in [3.63, 3.8) is 0 Å². The molecule has 2 aromatic rings. The molecule has 2 aromatic carbocycles. The Kier molecular flexibility index (Phi) is 5.50. The van der Waals surface area contributed by atoms with Crippen LogP contribution in [0.25, 0.3) is 0 Å². The largest absolute Gasteiger partial charge is 0.533 e. The quantitative estimate of drug-likeness (QED) is 0.396. The molecule has 0 amide bonds. The molecule has 2 atom stereocenters. The fraction of sp³-hybridized carbons (Fsp3) is 0.455. The molecule has 1 unspecified atom stereocenters. The van der Waals surface area contributed by atoms with E-state index < -0.39 is 7.82 Å². The van der Waals surface area contributed by atoms with Gasteiger partial charge in [-0.25, -0.2) is 9.09 Å². The van der Waals surface area contributed by atoms with Crippen LogP contribution in [0.3, 0.4) is 0 Å². The van der Waals surface area contributed by atoms with Gasteiger partial charge >= 0.3 is 7.82 Å². The number of para-hydroxylation sites is 2. The van der Waals surface area contributed by atoms with E-state index in [1.54, 1.807) is 6.07 Å². The summed E-state index contributed by atoms with van der Waals surface area (Å²) >= 11 is 0. The Balaban J connectivity index is 1.48. The van der Waals surface area contributed by atoms with Crippen LogP contribution in [0.1, 0.15) is 62.1 Å². The number of benzene rings is 2. The average molecular weight is 402 g/mol. The molecule has 1 aliphatic carbocycles. The topological polar surface area (TPSA) is 54.0 Å². The highest BCUT2D eigenvalue weighted by Crippen LogP contribution is 2.54. The van der Waals surface area contributed by atoms with Gasteiger partial charge in [-0.05, 0) is 47.8 Å². The van der Waals surface area contributed by atoms with E-state index in [9.17, 15) is 4.57 Å². The number of fused-ring (bicyclic) bond motifs is 1. The summed E-state index contributed by atoms with van der Waals surface area (Å²) in [6, 6.07) is 13.6. The molecule has 4 rings (SSSR count). The summed E-state index contributed by atoms with van der Waals surface area (Å²) in [5, 5.41) is 0. The summed E-state index contributed by atoms with van der Waals surface area (Å²) in [4.78, 5) is 0. The van der Waals surface area contributed by atoms with Crippen LogP contribution in [-0.4, -0.2) is 6.79 Å². The van der Waals surface area contributed by atoms with E-state index in [0.29, 0.717) is 23.5 Å². The van der Waals surface area contributed by atoms with Crippen LogP contribution in [0.2, 0.25) is 0 Å². The minimum absolute atomic E-state index is 0.187. The molecule has 0 aromatic heterocycles. The molecule has 1 fully saturated rings. The third kappa shape index (κ3) is 4.12. The number of hydrogen-bond donors (Lipinski definition) is 0. The Bertz CT molecular complexity index is 890. The van der Waals surface area contributed by atoms with Gasteiger partial charge in [-0.1, -0.05) is 57.2 Å². The predicted molar refractivity (Wildman–Crippen MR) is 108 cm³/mol. The molecule has 1 heterocycles. The summed E-state index contributed by atoms with van der Waals surface area (Å²) < 4.78 is 35.1. The van der Waals surface area contributed by atoms with Crippen LogP contribution in [0.15, 0.2) is 42.5 Å². The van der Waals surface area contributed by atoms with Crippen molar-refractivity contribution in [3.8, 4) is 11.5 Å². The second-order valence-electron chi connectivity index (χ2n) is 7.86. The first-order valence-electron chi connectivity index (χ1n) is 9.89. The van der Waals surface area contributed by atoms with Gasteiger partial charge < -0.3 is 9.26 Å². The van der Waals surface area contributed by atoms with Crippen molar-refractivity contribution in [3.05, 3.63) is 59.2 Å². The third-order valence-corrected chi connectivity index (χ3v) is 6.78. The normalized spacial score (nSPS) is 22.4. The highest BCUT2D eigenvalue weighted by atomic mass is 31.2. The summed E-state index contributed by atoms with van der Waals surface area (Å²) in [5.41, 5.74) is 3.17. The molecular formula is C22H27O5P. The van der Waals surface area contributed by atoms with Crippen LogP contribution < -0.4 is 9.26 Å². The SMILES string of the molecule is CC(C)c1cccc([C@H](C)C2CC2)c1OCOP1(=O)OCc2ccccc2O1. The molecular weight excluding hydrogens is 375 g/mol. The summed E-state index contributed by atoms with van der Waals surface area (Å²) in [5.74, 6) is 2.82. The molecule has 1 saturated carbocycles. The first-order chi connectivity index (χ1) is 13.5. The maximum absolute atomic E-state index is 12.8. The number of ether oxygens (including phenoxy) is 1. The second kappa shape index (κ2) is 7.90. The van der Waals surface area contributed by atoms with E-state index in [1.165, 1.54) is 18.4 Å². The summed E-state index contributed by atoms with van der Waals surface area (Å²) in [6.07, 6.45) is 2.53. The van der Waals surface area contributed by atoms with E-state index in [4.69, 9.17) is 18.3 Å². The molecule has 1 aliphatic heterocycles. The minimum Gasteiger partial charge on any atom is -0.466 e. The van der Waals surface area contributed by atoms with E-state index in [1.807, 2.05) is 18.2 Å². The van der Waals surface area contributed by atoms with Gasteiger partial charge in [0.05, 0.1) is 6.61 Å². The summed E-state index contributed by atoms with van der Waals surface area (Å²) in [7, 11) is -3.69.